The minimum absolute atomic E-state index is 0.0660. The van der Waals surface area contributed by atoms with E-state index in [1.165, 1.54) is 0 Å². The quantitative estimate of drug-likeness (QED) is 0.342. The summed E-state index contributed by atoms with van der Waals surface area (Å²) in [4.78, 5) is 25.3. The van der Waals surface area contributed by atoms with E-state index < -0.39 is 6.10 Å². The molecular formula is C29H34N2O3. The summed E-state index contributed by atoms with van der Waals surface area (Å²) < 4.78 is 6.14. The van der Waals surface area contributed by atoms with Gasteiger partial charge in [0.1, 0.15) is 5.75 Å². The Labute approximate surface area is 202 Å². The van der Waals surface area contributed by atoms with E-state index in [0.29, 0.717) is 36.6 Å². The van der Waals surface area contributed by atoms with Crippen LogP contribution in [-0.4, -0.2) is 17.9 Å². The third-order valence-corrected chi connectivity index (χ3v) is 5.89. The molecule has 178 valence electrons. The second kappa shape index (κ2) is 12.6. The van der Waals surface area contributed by atoms with Gasteiger partial charge in [-0.05, 0) is 60.6 Å². The molecule has 2 unspecified atom stereocenters. The zero-order valence-corrected chi connectivity index (χ0v) is 20.2. The molecule has 0 heterocycles. The molecule has 3 rings (SSSR count). The Hall–Kier alpha value is -3.60. The molecule has 0 aliphatic heterocycles. The van der Waals surface area contributed by atoms with Crippen molar-refractivity contribution >= 4 is 23.2 Å². The first kappa shape index (κ1) is 25.0. The Balaban J connectivity index is 1.60. The summed E-state index contributed by atoms with van der Waals surface area (Å²) in [6, 6.07) is 25.0. The van der Waals surface area contributed by atoms with Crippen molar-refractivity contribution in [2.24, 2.45) is 0 Å². The number of para-hydroxylation sites is 1. The van der Waals surface area contributed by atoms with Gasteiger partial charge >= 0.3 is 0 Å². The number of benzene rings is 3. The van der Waals surface area contributed by atoms with Gasteiger partial charge < -0.3 is 15.4 Å². The number of carbonyl (C=O) groups excluding carboxylic acids is 2. The zero-order valence-electron chi connectivity index (χ0n) is 20.2. The first-order chi connectivity index (χ1) is 16.5. The highest BCUT2D eigenvalue weighted by Gasteiger charge is 2.21. The summed E-state index contributed by atoms with van der Waals surface area (Å²) in [5.41, 5.74) is 3.49. The third-order valence-electron chi connectivity index (χ3n) is 5.89. The van der Waals surface area contributed by atoms with Crippen LogP contribution in [0.2, 0.25) is 0 Å². The maximum absolute atomic E-state index is 13.0. The highest BCUT2D eigenvalue weighted by atomic mass is 16.5. The van der Waals surface area contributed by atoms with Crippen LogP contribution in [0.4, 0.5) is 11.4 Å². The van der Waals surface area contributed by atoms with Gasteiger partial charge in [0.15, 0.2) is 6.10 Å². The molecule has 2 amide bonds. The highest BCUT2D eigenvalue weighted by molar-refractivity contribution is 5.96. The molecule has 0 saturated heterocycles. The van der Waals surface area contributed by atoms with Gasteiger partial charge in [0.2, 0.25) is 5.91 Å². The van der Waals surface area contributed by atoms with E-state index in [4.69, 9.17) is 4.74 Å². The highest BCUT2D eigenvalue weighted by Crippen LogP contribution is 2.29. The molecule has 0 spiro atoms. The van der Waals surface area contributed by atoms with E-state index in [0.717, 1.165) is 23.3 Å². The van der Waals surface area contributed by atoms with Crippen LogP contribution in [-0.2, 0) is 16.0 Å². The lowest BCUT2D eigenvalue weighted by Gasteiger charge is -2.21. The number of nitrogens with one attached hydrogen (secondary N) is 2. The smallest absolute Gasteiger partial charge is 0.265 e. The normalized spacial score (nSPS) is 12.4. The van der Waals surface area contributed by atoms with Gasteiger partial charge in [-0.1, -0.05) is 75.4 Å². The number of aryl methyl sites for hydroxylation is 1. The summed E-state index contributed by atoms with van der Waals surface area (Å²) in [5.74, 6) is 0.815. The lowest BCUT2D eigenvalue weighted by atomic mass is 9.98. The van der Waals surface area contributed by atoms with Crippen molar-refractivity contribution in [1.29, 1.82) is 0 Å². The van der Waals surface area contributed by atoms with Crippen molar-refractivity contribution in [2.75, 3.05) is 10.6 Å². The Kier molecular flexibility index (Phi) is 9.27. The second-order valence-corrected chi connectivity index (χ2v) is 8.47. The fraction of sp³-hybridized carbons (Fsp3) is 0.310. The summed E-state index contributed by atoms with van der Waals surface area (Å²) in [6.45, 7) is 6.22. The van der Waals surface area contributed by atoms with E-state index in [9.17, 15) is 9.59 Å². The van der Waals surface area contributed by atoms with Crippen LogP contribution in [0.5, 0.6) is 5.75 Å². The van der Waals surface area contributed by atoms with Crippen molar-refractivity contribution in [3.8, 4) is 5.75 Å². The van der Waals surface area contributed by atoms with Gasteiger partial charge in [-0.2, -0.15) is 0 Å². The van der Waals surface area contributed by atoms with Crippen molar-refractivity contribution in [3.63, 3.8) is 0 Å². The molecule has 5 nitrogen and oxygen atoms in total. The molecule has 2 atom stereocenters. The molecule has 34 heavy (non-hydrogen) atoms. The fourth-order valence-electron chi connectivity index (χ4n) is 3.71. The predicted octanol–water partition coefficient (Wildman–Crippen LogP) is 6.57. The molecule has 0 radical (unpaired) electrons. The van der Waals surface area contributed by atoms with E-state index in [1.54, 1.807) is 12.1 Å². The Bertz CT molecular complexity index is 1080. The monoisotopic (exact) mass is 458 g/mol. The molecule has 5 heteroatoms. The van der Waals surface area contributed by atoms with Crippen LogP contribution in [0.15, 0.2) is 78.9 Å². The van der Waals surface area contributed by atoms with Crippen LogP contribution in [0.3, 0.4) is 0 Å². The summed E-state index contributed by atoms with van der Waals surface area (Å²) in [7, 11) is 0. The van der Waals surface area contributed by atoms with E-state index in [1.807, 2.05) is 67.6 Å². The van der Waals surface area contributed by atoms with Crippen molar-refractivity contribution in [2.45, 2.75) is 58.5 Å². The Morgan fingerprint density at radius 3 is 2.21 bits per heavy atom. The SMILES string of the molecule is CCC(Oc1ccccc1C(C)CC)C(=O)Nc1cccc(NC(=O)CCc2ccccc2)c1. The van der Waals surface area contributed by atoms with Crippen molar-refractivity contribution in [1.82, 2.24) is 0 Å². The minimum Gasteiger partial charge on any atom is -0.480 e. The summed E-state index contributed by atoms with van der Waals surface area (Å²) >= 11 is 0. The number of rotatable bonds is 11. The van der Waals surface area contributed by atoms with Crippen LogP contribution in [0.1, 0.15) is 57.1 Å². The Morgan fingerprint density at radius 2 is 1.50 bits per heavy atom. The number of ether oxygens (including phenoxy) is 1. The van der Waals surface area contributed by atoms with Crippen molar-refractivity contribution in [3.05, 3.63) is 90.0 Å². The molecule has 0 aliphatic rings. The zero-order chi connectivity index (χ0) is 24.3. The number of anilines is 2. The van der Waals surface area contributed by atoms with Gasteiger partial charge in [0.05, 0.1) is 0 Å². The standard InChI is InChI=1S/C29H34N2O3/c1-4-21(3)25-16-9-10-17-27(25)34-26(5-2)29(33)31-24-15-11-14-23(20-24)30-28(32)19-18-22-12-7-6-8-13-22/h6-17,20-21,26H,4-5,18-19H2,1-3H3,(H,30,32)(H,31,33). The second-order valence-electron chi connectivity index (χ2n) is 8.47. The average molecular weight is 459 g/mol. The predicted molar refractivity (Wildman–Crippen MR) is 138 cm³/mol. The average Bonchev–Trinajstić information content (AvgIpc) is 2.86. The number of carbonyl (C=O) groups is 2. The largest absolute Gasteiger partial charge is 0.480 e. The van der Waals surface area contributed by atoms with E-state index in [-0.39, 0.29) is 11.8 Å². The summed E-state index contributed by atoms with van der Waals surface area (Å²) in [6.07, 6.45) is 1.98. The minimum atomic E-state index is -0.616. The topological polar surface area (TPSA) is 67.4 Å². The number of hydrogen-bond donors (Lipinski definition) is 2. The molecule has 0 aromatic heterocycles. The van der Waals surface area contributed by atoms with E-state index in [2.05, 4.69) is 30.5 Å². The first-order valence-corrected chi connectivity index (χ1v) is 12.0. The van der Waals surface area contributed by atoms with Crippen LogP contribution in [0.25, 0.3) is 0 Å². The molecule has 0 saturated carbocycles. The molecule has 0 bridgehead atoms. The van der Waals surface area contributed by atoms with Gasteiger partial charge in [0.25, 0.3) is 5.91 Å². The van der Waals surface area contributed by atoms with Crippen LogP contribution < -0.4 is 15.4 Å². The summed E-state index contributed by atoms with van der Waals surface area (Å²) in [5, 5.41) is 5.85. The third kappa shape index (κ3) is 7.20. The van der Waals surface area contributed by atoms with Crippen LogP contribution >= 0.6 is 0 Å². The van der Waals surface area contributed by atoms with E-state index >= 15 is 0 Å². The molecular weight excluding hydrogens is 424 g/mol. The lowest BCUT2D eigenvalue weighted by Crippen LogP contribution is -2.32. The van der Waals surface area contributed by atoms with Crippen molar-refractivity contribution < 1.29 is 14.3 Å². The fourth-order valence-corrected chi connectivity index (χ4v) is 3.71. The Morgan fingerprint density at radius 1 is 0.824 bits per heavy atom. The first-order valence-electron chi connectivity index (χ1n) is 12.0. The number of amides is 2. The van der Waals surface area contributed by atoms with Gasteiger partial charge in [-0.3, -0.25) is 9.59 Å². The van der Waals surface area contributed by atoms with Crippen LogP contribution in [0, 0.1) is 0 Å². The number of hydrogen-bond acceptors (Lipinski definition) is 3. The lowest BCUT2D eigenvalue weighted by molar-refractivity contribution is -0.122. The van der Waals surface area contributed by atoms with Gasteiger partial charge in [0, 0.05) is 17.8 Å². The van der Waals surface area contributed by atoms with Gasteiger partial charge in [-0.25, -0.2) is 0 Å². The maximum Gasteiger partial charge on any atom is 0.265 e. The van der Waals surface area contributed by atoms with Gasteiger partial charge in [-0.15, -0.1) is 0 Å². The molecule has 0 fully saturated rings. The molecule has 3 aromatic rings. The molecule has 2 N–H and O–H groups in total. The molecule has 0 aliphatic carbocycles. The molecule has 3 aromatic carbocycles. The maximum atomic E-state index is 13.0.